The maximum Gasteiger partial charge on any atom is 0.310 e. The summed E-state index contributed by atoms with van der Waals surface area (Å²) < 4.78 is 0. The van der Waals surface area contributed by atoms with E-state index in [9.17, 15) is 9.90 Å². The standard InChI is InChI=1S/C23H34N2O2/c1-16(13-17-7-5-4-6-8-17)20-14-21(20)25-19-11-9-18(10-12-19)24-15-23(2,3)22(26)27/h4-8,13,18-21,24-25H,9-12,14-15H2,1-3H3,(H,26,27)/b16-13+/t18-,19+,20-,21+/m0/s1. The average molecular weight is 371 g/mol. The summed E-state index contributed by atoms with van der Waals surface area (Å²) >= 11 is 0. The molecule has 0 radical (unpaired) electrons. The first-order valence-electron chi connectivity index (χ1n) is 10.3. The van der Waals surface area contributed by atoms with Crippen LogP contribution < -0.4 is 10.6 Å². The molecule has 2 saturated carbocycles. The third-order valence-electron chi connectivity index (χ3n) is 6.16. The molecule has 0 aromatic heterocycles. The van der Waals surface area contributed by atoms with Crippen LogP contribution >= 0.6 is 0 Å². The highest BCUT2D eigenvalue weighted by Gasteiger charge is 2.39. The number of carboxylic acids is 1. The van der Waals surface area contributed by atoms with Gasteiger partial charge in [-0.1, -0.05) is 42.0 Å². The lowest BCUT2D eigenvalue weighted by Gasteiger charge is -2.32. The first kappa shape index (κ1) is 20.1. The summed E-state index contributed by atoms with van der Waals surface area (Å²) in [5.74, 6) is -0.0542. The van der Waals surface area contributed by atoms with Crippen molar-refractivity contribution in [3.8, 4) is 0 Å². The molecule has 3 rings (SSSR count). The van der Waals surface area contributed by atoms with E-state index in [-0.39, 0.29) is 0 Å². The van der Waals surface area contributed by atoms with E-state index in [0.29, 0.717) is 30.6 Å². The Morgan fingerprint density at radius 1 is 1.15 bits per heavy atom. The van der Waals surface area contributed by atoms with E-state index in [4.69, 9.17) is 0 Å². The van der Waals surface area contributed by atoms with Crippen molar-refractivity contribution in [3.63, 3.8) is 0 Å². The van der Waals surface area contributed by atoms with Gasteiger partial charge in [0.05, 0.1) is 5.41 Å². The molecule has 1 aromatic rings. The zero-order valence-electron chi connectivity index (χ0n) is 16.9. The van der Waals surface area contributed by atoms with Crippen LogP contribution in [0.2, 0.25) is 0 Å². The van der Waals surface area contributed by atoms with Crippen molar-refractivity contribution in [2.24, 2.45) is 11.3 Å². The normalized spacial score (nSPS) is 28.8. The van der Waals surface area contributed by atoms with E-state index in [1.165, 1.54) is 30.4 Å². The van der Waals surface area contributed by atoms with Crippen LogP contribution in [0, 0.1) is 11.3 Å². The molecule has 2 fully saturated rings. The zero-order valence-corrected chi connectivity index (χ0v) is 16.9. The number of carboxylic acid groups (broad SMARTS) is 1. The molecule has 0 saturated heterocycles. The number of hydrogen-bond donors (Lipinski definition) is 3. The van der Waals surface area contributed by atoms with Gasteiger partial charge < -0.3 is 15.7 Å². The molecule has 0 heterocycles. The minimum absolute atomic E-state index is 0.455. The predicted octanol–water partition coefficient (Wildman–Crippen LogP) is 4.08. The van der Waals surface area contributed by atoms with E-state index in [1.807, 2.05) is 0 Å². The van der Waals surface area contributed by atoms with E-state index >= 15 is 0 Å². The Hall–Kier alpha value is -1.65. The Bertz CT molecular complexity index is 660. The summed E-state index contributed by atoms with van der Waals surface area (Å²) in [4.78, 5) is 11.2. The predicted molar refractivity (Wildman–Crippen MR) is 111 cm³/mol. The smallest absolute Gasteiger partial charge is 0.310 e. The SMILES string of the molecule is C/C(=C\c1ccccc1)[C@@H]1C[C@H]1N[C@H]1CC[C@@H](NCC(C)(C)C(=O)O)CC1. The fourth-order valence-corrected chi connectivity index (χ4v) is 4.04. The molecule has 0 unspecified atom stereocenters. The van der Waals surface area contributed by atoms with Crippen LogP contribution in [0.15, 0.2) is 35.9 Å². The van der Waals surface area contributed by atoms with Gasteiger partial charge in [-0.3, -0.25) is 4.79 Å². The minimum Gasteiger partial charge on any atom is -0.481 e. The summed E-state index contributed by atoms with van der Waals surface area (Å²) in [5, 5.41) is 16.6. The third kappa shape index (κ3) is 5.66. The second-order valence-corrected chi connectivity index (χ2v) is 9.03. The molecule has 2 aliphatic carbocycles. The van der Waals surface area contributed by atoms with Crippen LogP contribution in [0.1, 0.15) is 58.4 Å². The molecule has 0 bridgehead atoms. The van der Waals surface area contributed by atoms with Gasteiger partial charge in [-0.05, 0) is 64.4 Å². The minimum atomic E-state index is -0.732. The molecule has 1 aromatic carbocycles. The van der Waals surface area contributed by atoms with Crippen molar-refractivity contribution in [2.75, 3.05) is 6.54 Å². The van der Waals surface area contributed by atoms with E-state index in [0.717, 1.165) is 12.8 Å². The monoisotopic (exact) mass is 370 g/mol. The van der Waals surface area contributed by atoms with E-state index in [2.05, 4.69) is 54.0 Å². The van der Waals surface area contributed by atoms with Gasteiger partial charge in [0, 0.05) is 24.7 Å². The Kier molecular flexibility index (Phi) is 6.38. The molecule has 3 N–H and O–H groups in total. The second-order valence-electron chi connectivity index (χ2n) is 9.03. The van der Waals surface area contributed by atoms with Crippen molar-refractivity contribution >= 4 is 12.0 Å². The molecule has 148 valence electrons. The third-order valence-corrected chi connectivity index (χ3v) is 6.16. The summed E-state index contributed by atoms with van der Waals surface area (Å²) in [7, 11) is 0. The van der Waals surface area contributed by atoms with Crippen molar-refractivity contribution in [1.82, 2.24) is 10.6 Å². The van der Waals surface area contributed by atoms with Gasteiger partial charge in [-0.25, -0.2) is 0 Å². The Balaban J connectivity index is 1.38. The van der Waals surface area contributed by atoms with Crippen molar-refractivity contribution < 1.29 is 9.90 Å². The van der Waals surface area contributed by atoms with Crippen LogP contribution in [0.3, 0.4) is 0 Å². The van der Waals surface area contributed by atoms with E-state index < -0.39 is 11.4 Å². The first-order chi connectivity index (χ1) is 12.8. The molecule has 4 heteroatoms. The van der Waals surface area contributed by atoms with Gasteiger partial charge in [0.25, 0.3) is 0 Å². The van der Waals surface area contributed by atoms with Crippen LogP contribution in [0.25, 0.3) is 6.08 Å². The molecule has 0 amide bonds. The first-order valence-corrected chi connectivity index (χ1v) is 10.3. The lowest BCUT2D eigenvalue weighted by Crippen LogP contribution is -2.45. The fraction of sp³-hybridized carbons (Fsp3) is 0.609. The van der Waals surface area contributed by atoms with Crippen molar-refractivity contribution in [1.29, 1.82) is 0 Å². The number of aliphatic carboxylic acids is 1. The zero-order chi connectivity index (χ0) is 19.4. The largest absolute Gasteiger partial charge is 0.481 e. The molecular weight excluding hydrogens is 336 g/mol. The maximum atomic E-state index is 11.2. The lowest BCUT2D eigenvalue weighted by molar-refractivity contribution is -0.146. The second kappa shape index (κ2) is 8.57. The van der Waals surface area contributed by atoms with Gasteiger partial charge in [-0.15, -0.1) is 0 Å². The summed E-state index contributed by atoms with van der Waals surface area (Å²) in [6, 6.07) is 12.2. The van der Waals surface area contributed by atoms with Gasteiger partial charge in [0.2, 0.25) is 0 Å². The van der Waals surface area contributed by atoms with Gasteiger partial charge in [0.15, 0.2) is 0 Å². The average Bonchev–Trinajstić information content (AvgIpc) is 3.41. The highest BCUT2D eigenvalue weighted by Crippen LogP contribution is 2.39. The highest BCUT2D eigenvalue weighted by molar-refractivity contribution is 5.73. The Morgan fingerprint density at radius 2 is 1.78 bits per heavy atom. The molecule has 4 nitrogen and oxygen atoms in total. The Labute approximate surface area is 163 Å². The van der Waals surface area contributed by atoms with Crippen molar-refractivity contribution in [3.05, 3.63) is 41.5 Å². The number of rotatable bonds is 8. The van der Waals surface area contributed by atoms with Gasteiger partial charge >= 0.3 is 5.97 Å². The number of hydrogen-bond acceptors (Lipinski definition) is 3. The molecule has 0 spiro atoms. The van der Waals surface area contributed by atoms with Gasteiger partial charge in [-0.2, -0.15) is 0 Å². The van der Waals surface area contributed by atoms with E-state index in [1.54, 1.807) is 13.8 Å². The topological polar surface area (TPSA) is 61.4 Å². The summed E-state index contributed by atoms with van der Waals surface area (Å²) in [6.07, 6.45) is 8.18. The molecule has 0 aliphatic heterocycles. The number of benzene rings is 1. The highest BCUT2D eigenvalue weighted by atomic mass is 16.4. The fourth-order valence-electron chi connectivity index (χ4n) is 4.04. The van der Waals surface area contributed by atoms with Crippen LogP contribution in [-0.4, -0.2) is 35.7 Å². The molecule has 2 aliphatic rings. The summed E-state index contributed by atoms with van der Waals surface area (Å²) in [5.41, 5.74) is 2.07. The van der Waals surface area contributed by atoms with Crippen LogP contribution in [0.5, 0.6) is 0 Å². The van der Waals surface area contributed by atoms with Crippen molar-refractivity contribution in [2.45, 2.75) is 71.0 Å². The summed E-state index contributed by atoms with van der Waals surface area (Å²) in [6.45, 7) is 6.37. The molecule has 27 heavy (non-hydrogen) atoms. The Morgan fingerprint density at radius 3 is 2.41 bits per heavy atom. The quantitative estimate of drug-likeness (QED) is 0.645. The number of nitrogens with one attached hydrogen (secondary N) is 2. The molecule has 2 atom stereocenters. The van der Waals surface area contributed by atoms with Crippen LogP contribution in [-0.2, 0) is 4.79 Å². The van der Waals surface area contributed by atoms with Crippen LogP contribution in [0.4, 0.5) is 0 Å². The van der Waals surface area contributed by atoms with Gasteiger partial charge in [0.1, 0.15) is 0 Å². The number of carbonyl (C=O) groups is 1. The lowest BCUT2D eigenvalue weighted by atomic mass is 9.88. The maximum absolute atomic E-state index is 11.2. The molecular formula is C23H34N2O2.